The average Bonchev–Trinajstić information content (AvgIpc) is 2.41. The third-order valence-electron chi connectivity index (χ3n) is 2.51. The third kappa shape index (κ3) is 5.40. The highest BCUT2D eigenvalue weighted by atomic mass is 79.9. The predicted molar refractivity (Wildman–Crippen MR) is 79.2 cm³/mol. The van der Waals surface area contributed by atoms with Crippen LogP contribution in [0.3, 0.4) is 0 Å². The zero-order valence-corrected chi connectivity index (χ0v) is 12.6. The van der Waals surface area contributed by atoms with Gasteiger partial charge in [0.05, 0.1) is 0 Å². The molecule has 0 unspecified atom stereocenters. The second-order valence-electron chi connectivity index (χ2n) is 4.09. The quantitative estimate of drug-likeness (QED) is 0.409. The van der Waals surface area contributed by atoms with Gasteiger partial charge in [-0.15, -0.1) is 0 Å². The Bertz CT molecular complexity index is 506. The van der Waals surface area contributed by atoms with Crippen LogP contribution in [-0.4, -0.2) is 31.3 Å². The van der Waals surface area contributed by atoms with E-state index in [1.807, 2.05) is 13.0 Å². The summed E-state index contributed by atoms with van der Waals surface area (Å²) in [6.45, 7) is 2.62. The number of rotatable bonds is 6. The minimum absolute atomic E-state index is 0.326. The molecular weight excluding hydrogens is 326 g/mol. The highest BCUT2D eigenvalue weighted by Crippen LogP contribution is 2.19. The molecule has 3 amide bonds. The summed E-state index contributed by atoms with van der Waals surface area (Å²) >= 11 is 3.32. The van der Waals surface area contributed by atoms with Gasteiger partial charge in [-0.1, -0.05) is 15.9 Å². The van der Waals surface area contributed by atoms with Crippen molar-refractivity contribution < 1.29 is 14.4 Å². The second kappa shape index (κ2) is 8.31. The lowest BCUT2D eigenvalue weighted by Gasteiger charge is -2.09. The van der Waals surface area contributed by atoms with E-state index in [0.29, 0.717) is 31.6 Å². The van der Waals surface area contributed by atoms with Crippen molar-refractivity contribution in [2.45, 2.75) is 13.3 Å². The largest absolute Gasteiger partial charge is 0.359 e. The smallest absolute Gasteiger partial charge is 0.313 e. The van der Waals surface area contributed by atoms with Gasteiger partial charge in [-0.3, -0.25) is 14.4 Å². The number of aryl methyl sites for hydroxylation is 1. The number of amides is 3. The van der Waals surface area contributed by atoms with Crippen LogP contribution in [0.25, 0.3) is 0 Å². The lowest BCUT2D eigenvalue weighted by atomic mass is 10.2. The van der Waals surface area contributed by atoms with Crippen LogP contribution in [0.1, 0.15) is 12.0 Å². The fraction of sp³-hybridized carbons (Fsp3) is 0.308. The maximum atomic E-state index is 11.7. The Morgan fingerprint density at radius 1 is 1.25 bits per heavy atom. The first-order valence-corrected chi connectivity index (χ1v) is 6.86. The maximum Gasteiger partial charge on any atom is 0.313 e. The third-order valence-corrected chi connectivity index (χ3v) is 3.00. The standard InChI is InChI=1S/C13H16BrN3O3/c1-9-7-10(14)3-4-11(9)17-13(20)12(19)16-6-2-5-15-8-18/h3-4,7-8H,2,5-6H2,1H3,(H,15,18)(H,16,19)(H,17,20). The normalized spacial score (nSPS) is 9.70. The molecule has 0 aliphatic rings. The van der Waals surface area contributed by atoms with E-state index in [9.17, 15) is 14.4 Å². The molecule has 0 aliphatic carbocycles. The molecule has 0 aromatic heterocycles. The molecule has 0 atom stereocenters. The molecule has 0 saturated carbocycles. The number of hydrogen-bond donors (Lipinski definition) is 3. The Kier molecular flexibility index (Phi) is 6.72. The Balaban J connectivity index is 2.41. The fourth-order valence-corrected chi connectivity index (χ4v) is 1.95. The van der Waals surface area contributed by atoms with Crippen molar-refractivity contribution >= 4 is 39.8 Å². The topological polar surface area (TPSA) is 87.3 Å². The first-order valence-electron chi connectivity index (χ1n) is 6.07. The minimum Gasteiger partial charge on any atom is -0.359 e. The molecule has 3 N–H and O–H groups in total. The molecule has 20 heavy (non-hydrogen) atoms. The number of nitrogens with one attached hydrogen (secondary N) is 3. The van der Waals surface area contributed by atoms with Gasteiger partial charge in [-0.25, -0.2) is 0 Å². The van der Waals surface area contributed by atoms with Crippen molar-refractivity contribution in [2.75, 3.05) is 18.4 Å². The molecule has 0 radical (unpaired) electrons. The van der Waals surface area contributed by atoms with Crippen molar-refractivity contribution in [3.8, 4) is 0 Å². The van der Waals surface area contributed by atoms with Crippen LogP contribution >= 0.6 is 15.9 Å². The monoisotopic (exact) mass is 341 g/mol. The molecule has 0 heterocycles. The van der Waals surface area contributed by atoms with E-state index in [0.717, 1.165) is 10.0 Å². The van der Waals surface area contributed by atoms with Gasteiger partial charge in [-0.2, -0.15) is 0 Å². The number of carbonyl (C=O) groups is 3. The van der Waals surface area contributed by atoms with Gasteiger partial charge in [0.25, 0.3) is 0 Å². The van der Waals surface area contributed by atoms with Gasteiger partial charge in [0.15, 0.2) is 0 Å². The van der Waals surface area contributed by atoms with Crippen LogP contribution in [0.15, 0.2) is 22.7 Å². The summed E-state index contributed by atoms with van der Waals surface area (Å²) < 4.78 is 0.903. The molecule has 1 rings (SSSR count). The number of halogens is 1. The molecule has 0 saturated heterocycles. The van der Waals surface area contributed by atoms with Crippen LogP contribution < -0.4 is 16.0 Å². The van der Waals surface area contributed by atoms with Crippen LogP contribution in [0.4, 0.5) is 5.69 Å². The van der Waals surface area contributed by atoms with Gasteiger partial charge < -0.3 is 16.0 Å². The fourth-order valence-electron chi connectivity index (χ4n) is 1.48. The highest BCUT2D eigenvalue weighted by molar-refractivity contribution is 9.10. The van der Waals surface area contributed by atoms with Crippen LogP contribution in [-0.2, 0) is 14.4 Å². The Hall–Kier alpha value is -1.89. The van der Waals surface area contributed by atoms with Crippen molar-refractivity contribution in [1.82, 2.24) is 10.6 Å². The highest BCUT2D eigenvalue weighted by Gasteiger charge is 2.13. The average molecular weight is 342 g/mol. The Morgan fingerprint density at radius 3 is 2.65 bits per heavy atom. The zero-order valence-electron chi connectivity index (χ0n) is 11.0. The lowest BCUT2D eigenvalue weighted by Crippen LogP contribution is -2.36. The summed E-state index contributed by atoms with van der Waals surface area (Å²) in [6.07, 6.45) is 1.15. The van der Waals surface area contributed by atoms with Crippen molar-refractivity contribution in [1.29, 1.82) is 0 Å². The summed E-state index contributed by atoms with van der Waals surface area (Å²) in [5.74, 6) is -1.41. The first-order chi connectivity index (χ1) is 9.54. The number of benzene rings is 1. The van der Waals surface area contributed by atoms with Gasteiger partial charge in [0.1, 0.15) is 0 Å². The first kappa shape index (κ1) is 16.2. The van der Waals surface area contributed by atoms with Crippen LogP contribution in [0.2, 0.25) is 0 Å². The second-order valence-corrected chi connectivity index (χ2v) is 5.01. The number of hydrogen-bond acceptors (Lipinski definition) is 3. The Morgan fingerprint density at radius 2 is 2.00 bits per heavy atom. The predicted octanol–water partition coefficient (Wildman–Crippen LogP) is 0.948. The molecular formula is C13H16BrN3O3. The SMILES string of the molecule is Cc1cc(Br)ccc1NC(=O)C(=O)NCCCNC=O. The lowest BCUT2D eigenvalue weighted by molar-refractivity contribution is -0.136. The van der Waals surface area contributed by atoms with Gasteiger partial charge in [-0.05, 0) is 37.1 Å². The molecule has 7 heteroatoms. The maximum absolute atomic E-state index is 11.7. The van der Waals surface area contributed by atoms with Gasteiger partial charge >= 0.3 is 11.8 Å². The van der Waals surface area contributed by atoms with E-state index in [-0.39, 0.29) is 0 Å². The van der Waals surface area contributed by atoms with Gasteiger partial charge in [0.2, 0.25) is 6.41 Å². The van der Waals surface area contributed by atoms with E-state index in [4.69, 9.17) is 0 Å². The van der Waals surface area contributed by atoms with Crippen LogP contribution in [0, 0.1) is 6.92 Å². The Labute approximate surface area is 125 Å². The van der Waals surface area contributed by atoms with Crippen molar-refractivity contribution in [3.05, 3.63) is 28.2 Å². The van der Waals surface area contributed by atoms with Crippen molar-refractivity contribution in [2.24, 2.45) is 0 Å². The summed E-state index contributed by atoms with van der Waals surface area (Å²) in [7, 11) is 0. The van der Waals surface area contributed by atoms with E-state index >= 15 is 0 Å². The van der Waals surface area contributed by atoms with Crippen LogP contribution in [0.5, 0.6) is 0 Å². The summed E-state index contributed by atoms with van der Waals surface area (Å²) in [6, 6.07) is 5.35. The molecule has 0 fully saturated rings. The summed E-state index contributed by atoms with van der Waals surface area (Å²) in [4.78, 5) is 33.2. The molecule has 0 spiro atoms. The minimum atomic E-state index is -0.709. The summed E-state index contributed by atoms with van der Waals surface area (Å²) in [5.41, 5.74) is 1.45. The number of carbonyl (C=O) groups excluding carboxylic acids is 3. The molecule has 1 aromatic rings. The van der Waals surface area contributed by atoms with Crippen molar-refractivity contribution in [3.63, 3.8) is 0 Å². The zero-order chi connectivity index (χ0) is 15.0. The molecule has 0 aliphatic heterocycles. The molecule has 6 nitrogen and oxygen atoms in total. The van der Waals surface area contributed by atoms with E-state index in [1.54, 1.807) is 12.1 Å². The van der Waals surface area contributed by atoms with E-state index in [2.05, 4.69) is 31.9 Å². The van der Waals surface area contributed by atoms with E-state index < -0.39 is 11.8 Å². The molecule has 1 aromatic carbocycles. The molecule has 0 bridgehead atoms. The van der Waals surface area contributed by atoms with E-state index in [1.165, 1.54) is 0 Å². The number of anilines is 1. The van der Waals surface area contributed by atoms with Gasteiger partial charge in [0, 0.05) is 23.2 Å². The summed E-state index contributed by atoms with van der Waals surface area (Å²) in [5, 5.41) is 7.49. The molecule has 108 valence electrons.